The molecule has 0 aliphatic carbocycles. The number of hydrogen-bond acceptors (Lipinski definition) is 5. The van der Waals surface area contributed by atoms with E-state index in [4.69, 9.17) is 4.42 Å². The molecule has 0 aliphatic rings. The third-order valence-electron chi connectivity index (χ3n) is 3.10. The number of nitrogens with zero attached hydrogens (tertiary/aromatic N) is 1. The number of aromatic hydroxyl groups is 2. The predicted octanol–water partition coefficient (Wildman–Crippen LogP) is 3.80. The quantitative estimate of drug-likeness (QED) is 0.503. The Hall–Kier alpha value is -2.95. The van der Waals surface area contributed by atoms with Gasteiger partial charge in [-0.2, -0.15) is 0 Å². The lowest BCUT2D eigenvalue weighted by Crippen LogP contribution is -1.91. The van der Waals surface area contributed by atoms with Gasteiger partial charge in [0.15, 0.2) is 17.3 Å². The average Bonchev–Trinajstić information content (AvgIpc) is 2.94. The van der Waals surface area contributed by atoms with Gasteiger partial charge in [0.25, 0.3) is 6.01 Å². The molecule has 0 atom stereocenters. The van der Waals surface area contributed by atoms with Crippen LogP contribution in [-0.4, -0.2) is 15.2 Å². The molecule has 0 amide bonds. The molecular weight excluding hydrogens is 268 g/mol. The Balaban J connectivity index is 1.85. The smallest absolute Gasteiger partial charge is 0.299 e. The summed E-state index contributed by atoms with van der Waals surface area (Å²) < 4.78 is 5.62. The van der Waals surface area contributed by atoms with Gasteiger partial charge in [0.2, 0.25) is 0 Å². The van der Waals surface area contributed by atoms with Crippen LogP contribution in [0, 0.1) is 6.92 Å². The fraction of sp³-hybridized carbons (Fsp3) is 0.0625. The van der Waals surface area contributed by atoms with Crippen LogP contribution in [0.4, 0.5) is 11.7 Å². The van der Waals surface area contributed by atoms with Gasteiger partial charge in [-0.3, -0.25) is 0 Å². The van der Waals surface area contributed by atoms with Gasteiger partial charge in [0.1, 0.15) is 0 Å². The van der Waals surface area contributed by atoms with Crippen LogP contribution in [0.15, 0.2) is 53.1 Å². The van der Waals surface area contributed by atoms with Crippen molar-refractivity contribution in [1.82, 2.24) is 4.98 Å². The second kappa shape index (κ2) is 5.20. The molecular formula is C16H14N2O3. The van der Waals surface area contributed by atoms with E-state index in [9.17, 15) is 10.2 Å². The zero-order valence-corrected chi connectivity index (χ0v) is 11.4. The SMILES string of the molecule is Cc1cc(Nc2ncc(-c3ccccc3)o2)cc(O)c1O. The molecule has 3 rings (SSSR count). The molecule has 5 heteroatoms. The summed E-state index contributed by atoms with van der Waals surface area (Å²) in [7, 11) is 0. The van der Waals surface area contributed by atoms with Crippen LogP contribution >= 0.6 is 0 Å². The van der Waals surface area contributed by atoms with E-state index in [1.807, 2.05) is 30.3 Å². The Morgan fingerprint density at radius 3 is 2.57 bits per heavy atom. The van der Waals surface area contributed by atoms with E-state index in [0.717, 1.165) is 5.56 Å². The van der Waals surface area contributed by atoms with E-state index < -0.39 is 0 Å². The highest BCUT2D eigenvalue weighted by atomic mass is 16.4. The van der Waals surface area contributed by atoms with E-state index in [-0.39, 0.29) is 11.5 Å². The highest BCUT2D eigenvalue weighted by Gasteiger charge is 2.09. The number of nitrogens with one attached hydrogen (secondary N) is 1. The number of phenolic OH excluding ortho intramolecular Hbond substituents is 2. The number of phenols is 2. The van der Waals surface area contributed by atoms with Crippen LogP contribution in [0.1, 0.15) is 5.56 Å². The molecule has 21 heavy (non-hydrogen) atoms. The van der Waals surface area contributed by atoms with Crippen LogP contribution in [0.3, 0.4) is 0 Å². The fourth-order valence-electron chi connectivity index (χ4n) is 2.02. The first-order chi connectivity index (χ1) is 10.1. The molecule has 3 N–H and O–H groups in total. The first-order valence-corrected chi connectivity index (χ1v) is 6.44. The molecule has 0 radical (unpaired) electrons. The molecule has 1 aromatic heterocycles. The monoisotopic (exact) mass is 282 g/mol. The van der Waals surface area contributed by atoms with Gasteiger partial charge in [-0.1, -0.05) is 30.3 Å². The summed E-state index contributed by atoms with van der Waals surface area (Å²) in [6.45, 7) is 1.70. The summed E-state index contributed by atoms with van der Waals surface area (Å²) in [6, 6.07) is 13.1. The van der Waals surface area contributed by atoms with Gasteiger partial charge in [0, 0.05) is 17.3 Å². The normalized spacial score (nSPS) is 10.5. The van der Waals surface area contributed by atoms with E-state index in [2.05, 4.69) is 10.3 Å². The molecule has 0 fully saturated rings. The third-order valence-corrected chi connectivity index (χ3v) is 3.10. The summed E-state index contributed by atoms with van der Waals surface area (Å²) in [5, 5.41) is 22.1. The van der Waals surface area contributed by atoms with Crippen LogP contribution in [0.25, 0.3) is 11.3 Å². The molecule has 0 unspecified atom stereocenters. The number of aromatic nitrogens is 1. The predicted molar refractivity (Wildman–Crippen MR) is 79.7 cm³/mol. The summed E-state index contributed by atoms with van der Waals surface area (Å²) in [5.74, 6) is 0.336. The Bertz CT molecular complexity index is 743. The Kier molecular flexibility index (Phi) is 3.23. The van der Waals surface area contributed by atoms with Crippen molar-refractivity contribution in [3.05, 3.63) is 54.2 Å². The lowest BCUT2D eigenvalue weighted by Gasteiger charge is -2.06. The average molecular weight is 282 g/mol. The summed E-state index contributed by atoms with van der Waals surface area (Å²) in [5.41, 5.74) is 2.08. The minimum Gasteiger partial charge on any atom is -0.504 e. The van der Waals surface area contributed by atoms with Crippen molar-refractivity contribution in [1.29, 1.82) is 0 Å². The van der Waals surface area contributed by atoms with Gasteiger partial charge in [0.05, 0.1) is 6.20 Å². The van der Waals surface area contributed by atoms with Crippen molar-refractivity contribution >= 4 is 11.7 Å². The zero-order chi connectivity index (χ0) is 14.8. The maximum atomic E-state index is 9.60. The molecule has 1 heterocycles. The molecule has 0 saturated carbocycles. The van der Waals surface area contributed by atoms with E-state index in [0.29, 0.717) is 23.0 Å². The van der Waals surface area contributed by atoms with E-state index >= 15 is 0 Å². The highest BCUT2D eigenvalue weighted by Crippen LogP contribution is 2.33. The maximum absolute atomic E-state index is 9.60. The van der Waals surface area contributed by atoms with Crippen molar-refractivity contribution in [2.45, 2.75) is 6.92 Å². The Morgan fingerprint density at radius 1 is 1.10 bits per heavy atom. The standard InChI is InChI=1S/C16H14N2O3/c1-10-7-12(8-13(19)15(10)20)18-16-17-9-14(21-16)11-5-3-2-4-6-11/h2-9,19-20H,1H3,(H,17,18). The van der Waals surface area contributed by atoms with Crippen molar-refractivity contribution < 1.29 is 14.6 Å². The topological polar surface area (TPSA) is 78.5 Å². The molecule has 0 bridgehead atoms. The molecule has 0 saturated heterocycles. The molecule has 5 nitrogen and oxygen atoms in total. The second-order valence-electron chi connectivity index (χ2n) is 4.68. The summed E-state index contributed by atoms with van der Waals surface area (Å²) in [4.78, 5) is 4.15. The molecule has 2 aromatic carbocycles. The maximum Gasteiger partial charge on any atom is 0.299 e. The lowest BCUT2D eigenvalue weighted by molar-refractivity contribution is 0.401. The van der Waals surface area contributed by atoms with Crippen molar-refractivity contribution in [2.75, 3.05) is 5.32 Å². The second-order valence-corrected chi connectivity index (χ2v) is 4.68. The number of hydrogen-bond donors (Lipinski definition) is 3. The van der Waals surface area contributed by atoms with Crippen LogP contribution in [0.2, 0.25) is 0 Å². The zero-order valence-electron chi connectivity index (χ0n) is 11.4. The van der Waals surface area contributed by atoms with Gasteiger partial charge in [-0.15, -0.1) is 0 Å². The minimum atomic E-state index is -0.188. The van der Waals surface area contributed by atoms with E-state index in [1.165, 1.54) is 6.07 Å². The number of anilines is 2. The first kappa shape index (κ1) is 13.1. The summed E-state index contributed by atoms with van der Waals surface area (Å²) in [6.07, 6.45) is 1.63. The lowest BCUT2D eigenvalue weighted by atomic mass is 10.2. The van der Waals surface area contributed by atoms with Crippen molar-refractivity contribution in [3.63, 3.8) is 0 Å². The number of aryl methyl sites for hydroxylation is 1. The molecule has 3 aromatic rings. The highest BCUT2D eigenvalue weighted by molar-refractivity contribution is 5.63. The molecule has 0 spiro atoms. The minimum absolute atomic E-state index is 0.127. The van der Waals surface area contributed by atoms with Gasteiger partial charge in [-0.05, 0) is 18.6 Å². The van der Waals surface area contributed by atoms with Crippen molar-refractivity contribution in [2.24, 2.45) is 0 Å². The number of rotatable bonds is 3. The van der Waals surface area contributed by atoms with Crippen LogP contribution < -0.4 is 5.32 Å². The largest absolute Gasteiger partial charge is 0.504 e. The first-order valence-electron chi connectivity index (χ1n) is 6.44. The number of oxazole rings is 1. The van der Waals surface area contributed by atoms with Crippen molar-refractivity contribution in [3.8, 4) is 22.8 Å². The molecule has 0 aliphatic heterocycles. The van der Waals surface area contributed by atoms with E-state index in [1.54, 1.807) is 19.2 Å². The molecule has 106 valence electrons. The van der Waals surface area contributed by atoms with Crippen LogP contribution in [0.5, 0.6) is 11.5 Å². The Morgan fingerprint density at radius 2 is 1.86 bits per heavy atom. The third kappa shape index (κ3) is 2.67. The number of benzene rings is 2. The van der Waals surface area contributed by atoms with Gasteiger partial charge >= 0.3 is 0 Å². The summed E-state index contributed by atoms with van der Waals surface area (Å²) >= 11 is 0. The Labute approximate surface area is 121 Å². The van der Waals surface area contributed by atoms with Gasteiger partial charge in [-0.25, -0.2) is 4.98 Å². The van der Waals surface area contributed by atoms with Crippen LogP contribution in [-0.2, 0) is 0 Å². The van der Waals surface area contributed by atoms with Gasteiger partial charge < -0.3 is 19.9 Å². The fourth-order valence-corrected chi connectivity index (χ4v) is 2.02.